The van der Waals surface area contributed by atoms with Crippen LogP contribution in [0.3, 0.4) is 0 Å². The largest absolute Gasteiger partial charge is 0.366 e. The number of benzene rings is 2. The molecular formula is C28H24F5N5O2. The third-order valence-corrected chi connectivity index (χ3v) is 6.79. The quantitative estimate of drug-likeness (QED) is 0.350. The lowest BCUT2D eigenvalue weighted by molar-refractivity contribution is -0.126. The van der Waals surface area contributed by atoms with Gasteiger partial charge in [0.2, 0.25) is 11.7 Å². The van der Waals surface area contributed by atoms with E-state index in [0.717, 1.165) is 21.6 Å². The Morgan fingerprint density at radius 2 is 1.65 bits per heavy atom. The zero-order valence-electron chi connectivity index (χ0n) is 21.1. The molecule has 0 aliphatic carbocycles. The Balaban J connectivity index is 1.34. The van der Waals surface area contributed by atoms with Gasteiger partial charge in [-0.15, -0.1) is 0 Å². The fourth-order valence-electron chi connectivity index (χ4n) is 4.72. The van der Waals surface area contributed by atoms with Crippen LogP contribution in [-0.2, 0) is 16.0 Å². The first-order valence-corrected chi connectivity index (χ1v) is 12.6. The number of aliphatic imine (C=N–C) groups is 1. The van der Waals surface area contributed by atoms with Crippen LogP contribution < -0.4 is 15.5 Å². The number of ketones is 1. The van der Waals surface area contributed by atoms with E-state index in [0.29, 0.717) is 5.71 Å². The minimum absolute atomic E-state index is 0.00593. The van der Waals surface area contributed by atoms with E-state index in [1.807, 2.05) is 42.5 Å². The minimum atomic E-state index is -2.98. The Morgan fingerprint density at radius 1 is 0.975 bits per heavy atom. The second-order valence-electron chi connectivity index (χ2n) is 9.54. The van der Waals surface area contributed by atoms with Crippen LogP contribution in [0, 0.1) is 17.6 Å². The molecule has 0 saturated carbocycles. The fourth-order valence-corrected chi connectivity index (χ4v) is 4.72. The number of nitrogens with one attached hydrogen (secondary N) is 2. The van der Waals surface area contributed by atoms with Gasteiger partial charge in [-0.2, -0.15) is 13.8 Å². The molecule has 0 bridgehead atoms. The molecule has 1 saturated heterocycles. The Hall–Kier alpha value is -4.35. The number of anilines is 2. The van der Waals surface area contributed by atoms with Crippen molar-refractivity contribution in [2.24, 2.45) is 4.99 Å². The van der Waals surface area contributed by atoms with Gasteiger partial charge in [0, 0.05) is 43.5 Å². The summed E-state index contributed by atoms with van der Waals surface area (Å²) in [7, 11) is 0. The zero-order valence-corrected chi connectivity index (χ0v) is 21.1. The van der Waals surface area contributed by atoms with E-state index < -0.39 is 79.6 Å². The SMILES string of the molecule is O=C(CNc1nc(F)c(F)c(N2CCC(F)(F)CC2)c1F)N[C@H]1N=C(c2ccccc2)c2ccccc2CC1=O. The van der Waals surface area contributed by atoms with Crippen molar-refractivity contribution in [3.05, 3.63) is 88.9 Å². The van der Waals surface area contributed by atoms with Crippen molar-refractivity contribution >= 4 is 28.9 Å². The predicted molar refractivity (Wildman–Crippen MR) is 138 cm³/mol. The number of fused-ring (bicyclic) bond motifs is 1. The zero-order chi connectivity index (χ0) is 28.4. The number of amides is 1. The molecule has 1 atom stereocenters. The van der Waals surface area contributed by atoms with Crippen LogP contribution in [0.4, 0.5) is 33.5 Å². The molecule has 7 nitrogen and oxygen atoms in total. The molecule has 208 valence electrons. The summed E-state index contributed by atoms with van der Waals surface area (Å²) in [6.07, 6.45) is -2.55. The number of hydrogen-bond donors (Lipinski definition) is 2. The summed E-state index contributed by atoms with van der Waals surface area (Å²) in [5.74, 6) is -9.49. The maximum absolute atomic E-state index is 15.1. The fraction of sp³-hybridized carbons (Fsp3) is 0.286. The third kappa shape index (κ3) is 5.65. The maximum Gasteiger partial charge on any atom is 0.253 e. The van der Waals surface area contributed by atoms with Gasteiger partial charge in [0.15, 0.2) is 23.6 Å². The number of nitrogens with zero attached hydrogens (tertiary/aromatic N) is 3. The summed E-state index contributed by atoms with van der Waals surface area (Å²) in [5.41, 5.74) is 1.89. The molecule has 0 spiro atoms. The standard InChI is InChI=1S/C28H24F5N5O2/c29-21-24(38-12-10-28(32,33)11-13-38)22(30)27(37-25(21)31)34-15-20(40)35-26-19(39)14-17-8-4-5-9-18(17)23(36-26)16-6-2-1-3-7-16/h1-9,26H,10-15H2,(H,34,37)(H,35,40)/t26-/m0/s1. The van der Waals surface area contributed by atoms with Gasteiger partial charge in [0.1, 0.15) is 5.69 Å². The number of hydrogen-bond acceptors (Lipinski definition) is 6. The van der Waals surface area contributed by atoms with E-state index in [4.69, 9.17) is 0 Å². The molecule has 2 aliphatic rings. The van der Waals surface area contributed by atoms with E-state index >= 15 is 4.39 Å². The highest BCUT2D eigenvalue weighted by Crippen LogP contribution is 2.35. The molecule has 5 rings (SSSR count). The van der Waals surface area contributed by atoms with E-state index in [1.165, 1.54) is 0 Å². The van der Waals surface area contributed by atoms with Gasteiger partial charge >= 0.3 is 0 Å². The van der Waals surface area contributed by atoms with Crippen LogP contribution >= 0.6 is 0 Å². The highest BCUT2D eigenvalue weighted by Gasteiger charge is 2.37. The summed E-state index contributed by atoms with van der Waals surface area (Å²) in [5, 5.41) is 4.81. The monoisotopic (exact) mass is 557 g/mol. The van der Waals surface area contributed by atoms with Crippen LogP contribution in [-0.4, -0.2) is 54.1 Å². The minimum Gasteiger partial charge on any atom is -0.366 e. The molecule has 3 heterocycles. The van der Waals surface area contributed by atoms with Crippen molar-refractivity contribution in [1.29, 1.82) is 0 Å². The molecule has 3 aromatic rings. The predicted octanol–water partition coefficient (Wildman–Crippen LogP) is 4.25. The van der Waals surface area contributed by atoms with E-state index in [-0.39, 0.29) is 12.2 Å². The van der Waals surface area contributed by atoms with E-state index in [2.05, 4.69) is 20.6 Å². The van der Waals surface area contributed by atoms with Gasteiger partial charge in [0.25, 0.3) is 11.9 Å². The summed E-state index contributed by atoms with van der Waals surface area (Å²) in [6.45, 7) is -1.43. The molecular weight excluding hydrogens is 533 g/mol. The molecule has 1 amide bonds. The number of piperidine rings is 1. The summed E-state index contributed by atoms with van der Waals surface area (Å²) < 4.78 is 70.8. The first-order valence-electron chi connectivity index (χ1n) is 12.6. The molecule has 1 aromatic heterocycles. The summed E-state index contributed by atoms with van der Waals surface area (Å²) in [6, 6.07) is 16.4. The van der Waals surface area contributed by atoms with Gasteiger partial charge in [-0.1, -0.05) is 54.6 Å². The second kappa shape index (κ2) is 11.0. The molecule has 2 aliphatic heterocycles. The lowest BCUT2D eigenvalue weighted by Gasteiger charge is -2.33. The summed E-state index contributed by atoms with van der Waals surface area (Å²) in [4.78, 5) is 34.5. The topological polar surface area (TPSA) is 86.7 Å². The molecule has 0 unspecified atom stereocenters. The number of pyridine rings is 1. The Bertz CT molecular complexity index is 1470. The Labute approximate surface area is 226 Å². The highest BCUT2D eigenvalue weighted by molar-refractivity contribution is 6.16. The molecule has 1 fully saturated rings. The number of aromatic nitrogens is 1. The van der Waals surface area contributed by atoms with Crippen molar-refractivity contribution in [3.63, 3.8) is 0 Å². The molecule has 2 aromatic carbocycles. The van der Waals surface area contributed by atoms with E-state index in [9.17, 15) is 27.2 Å². The Morgan fingerprint density at radius 3 is 2.38 bits per heavy atom. The normalized spacial score (nSPS) is 18.4. The van der Waals surface area contributed by atoms with Gasteiger partial charge in [-0.05, 0) is 5.56 Å². The van der Waals surface area contributed by atoms with Crippen LogP contribution in [0.25, 0.3) is 0 Å². The van der Waals surface area contributed by atoms with Gasteiger partial charge in [-0.25, -0.2) is 13.2 Å². The number of rotatable bonds is 6. The number of halogens is 5. The lowest BCUT2D eigenvalue weighted by Crippen LogP contribution is -2.43. The van der Waals surface area contributed by atoms with Gasteiger partial charge < -0.3 is 15.5 Å². The maximum atomic E-state index is 15.1. The third-order valence-electron chi connectivity index (χ3n) is 6.79. The van der Waals surface area contributed by atoms with Crippen molar-refractivity contribution in [2.45, 2.75) is 31.4 Å². The van der Waals surface area contributed by atoms with Crippen LogP contribution in [0.15, 0.2) is 59.6 Å². The first kappa shape index (κ1) is 27.2. The van der Waals surface area contributed by atoms with Crippen molar-refractivity contribution < 1.29 is 31.5 Å². The smallest absolute Gasteiger partial charge is 0.253 e. The molecule has 0 radical (unpaired) electrons. The van der Waals surface area contributed by atoms with Crippen LogP contribution in [0.2, 0.25) is 0 Å². The molecule has 2 N–H and O–H groups in total. The van der Waals surface area contributed by atoms with Crippen molar-refractivity contribution in [2.75, 3.05) is 29.9 Å². The molecule has 40 heavy (non-hydrogen) atoms. The second-order valence-corrected chi connectivity index (χ2v) is 9.54. The van der Waals surface area contributed by atoms with Gasteiger partial charge in [-0.3, -0.25) is 14.6 Å². The van der Waals surface area contributed by atoms with Crippen LogP contribution in [0.5, 0.6) is 0 Å². The van der Waals surface area contributed by atoms with Crippen LogP contribution in [0.1, 0.15) is 29.5 Å². The Kier molecular flexibility index (Phi) is 7.51. The number of carbonyl (C=O) groups excluding carboxylic acids is 2. The number of alkyl halides is 2. The van der Waals surface area contributed by atoms with E-state index in [1.54, 1.807) is 12.1 Å². The molecule has 12 heteroatoms. The van der Waals surface area contributed by atoms with Gasteiger partial charge in [0.05, 0.1) is 12.3 Å². The highest BCUT2D eigenvalue weighted by atomic mass is 19.3. The number of carbonyl (C=O) groups is 2. The average molecular weight is 558 g/mol. The first-order chi connectivity index (χ1) is 19.1. The lowest BCUT2D eigenvalue weighted by atomic mass is 9.96. The average Bonchev–Trinajstić information content (AvgIpc) is 3.07. The summed E-state index contributed by atoms with van der Waals surface area (Å²) >= 11 is 0. The van der Waals surface area contributed by atoms with Crippen molar-refractivity contribution in [1.82, 2.24) is 10.3 Å². The number of Topliss-reactive ketones (excluding diaryl/α,β-unsaturated/α-hetero) is 1. The van der Waals surface area contributed by atoms with Crippen molar-refractivity contribution in [3.8, 4) is 0 Å².